The van der Waals surface area contributed by atoms with Gasteiger partial charge in [0.2, 0.25) is 0 Å². The van der Waals surface area contributed by atoms with Gasteiger partial charge in [-0.3, -0.25) is 19.2 Å². The Morgan fingerprint density at radius 2 is 0.701 bits per heavy atom. The molecule has 0 aliphatic rings. The van der Waals surface area contributed by atoms with Gasteiger partial charge in [0.25, 0.3) is 0 Å². The molecule has 0 saturated carbocycles. The van der Waals surface area contributed by atoms with Crippen molar-refractivity contribution in [1.29, 1.82) is 0 Å². The summed E-state index contributed by atoms with van der Waals surface area (Å²) in [5.74, 6) is -2.16. The van der Waals surface area contributed by atoms with E-state index < -0.39 is 23.9 Å². The van der Waals surface area contributed by atoms with E-state index in [4.69, 9.17) is 23.7 Å². The van der Waals surface area contributed by atoms with Gasteiger partial charge in [-0.2, -0.15) is 0 Å². The van der Waals surface area contributed by atoms with Crippen molar-refractivity contribution in [3.8, 4) is 0 Å². The van der Waals surface area contributed by atoms with E-state index >= 15 is 0 Å². The van der Waals surface area contributed by atoms with E-state index in [0.29, 0.717) is 25.9 Å². The number of likely N-dealkylation sites (N-methyl/N-ethyl adjacent to an activating group) is 1. The van der Waals surface area contributed by atoms with Crippen LogP contribution in [0.15, 0.2) is 0 Å². The Bertz CT molecular complexity index is 1080. The second kappa shape index (κ2) is 48.1. The molecular weight excluding hydrogens is 849 g/mol. The highest BCUT2D eigenvalue weighted by Crippen LogP contribution is 2.20. The van der Waals surface area contributed by atoms with E-state index in [1.54, 1.807) is 0 Å². The molecule has 0 aromatic heterocycles. The fraction of sp³-hybridized carbons (Fsp3) is 0.909. The number of hydrogen-bond acceptors (Lipinski definition) is 11. The summed E-state index contributed by atoms with van der Waals surface area (Å²) in [5.41, 5.74) is 0. The highest BCUT2D eigenvalue weighted by atomic mass is 16.6. The Morgan fingerprint density at radius 1 is 0.388 bits per heavy atom. The third-order valence-electron chi connectivity index (χ3n) is 12.6. The van der Waals surface area contributed by atoms with Crippen molar-refractivity contribution in [3.05, 3.63) is 0 Å². The predicted molar refractivity (Wildman–Crippen MR) is 272 cm³/mol. The number of alkyl carbamates (subject to hydrolysis) is 1. The summed E-state index contributed by atoms with van der Waals surface area (Å²) in [6.07, 6.45) is 32.2. The van der Waals surface area contributed by atoms with Crippen LogP contribution in [0.4, 0.5) is 4.79 Å². The lowest BCUT2D eigenvalue weighted by molar-refractivity contribution is -0.151. The zero-order chi connectivity index (χ0) is 49.4. The number of unbranched alkanes of at least 4 members (excludes halogenated alkanes) is 20. The quantitative estimate of drug-likeness (QED) is 0.0353. The number of rotatable bonds is 49. The standard InChI is InChI=1S/C55H104N2O10/c1-7-13-17-21-25-29-35-49(36-30-26-22-18-14-8-2)66-53(60)41-33-39-51(58)63-45-48(47-65-55(62)56-43-44-57(11-5)12-6)46-64-52(59)40-34-42-54(61)67-50(37-31-27-23-19-15-9-3)38-32-28-24-20-16-10-4/h48-50H,7-47H2,1-6H3,(H,56,62). The molecule has 12 nitrogen and oxygen atoms in total. The molecule has 0 spiro atoms. The van der Waals surface area contributed by atoms with E-state index in [1.807, 2.05) is 0 Å². The van der Waals surface area contributed by atoms with Crippen LogP contribution in [0.3, 0.4) is 0 Å². The molecule has 0 atom stereocenters. The number of esters is 4. The van der Waals surface area contributed by atoms with E-state index in [0.717, 1.165) is 90.1 Å². The Balaban J connectivity index is 5.12. The van der Waals surface area contributed by atoms with Crippen LogP contribution in [-0.2, 0) is 42.9 Å². The molecule has 1 N–H and O–H groups in total. The average Bonchev–Trinajstić information content (AvgIpc) is 3.31. The minimum atomic E-state index is -0.607. The zero-order valence-electron chi connectivity index (χ0n) is 44.3. The van der Waals surface area contributed by atoms with Gasteiger partial charge >= 0.3 is 30.0 Å². The van der Waals surface area contributed by atoms with Crippen LogP contribution >= 0.6 is 0 Å². The van der Waals surface area contributed by atoms with Gasteiger partial charge in [0.15, 0.2) is 0 Å². The topological polar surface area (TPSA) is 147 Å². The Labute approximate surface area is 410 Å². The van der Waals surface area contributed by atoms with E-state index in [-0.39, 0.29) is 69.7 Å². The summed E-state index contributed by atoms with van der Waals surface area (Å²) >= 11 is 0. The summed E-state index contributed by atoms with van der Waals surface area (Å²) in [7, 11) is 0. The summed E-state index contributed by atoms with van der Waals surface area (Å²) in [6, 6.07) is 0. The lowest BCUT2D eigenvalue weighted by Gasteiger charge is -2.20. The first-order chi connectivity index (χ1) is 32.6. The van der Waals surface area contributed by atoms with Gasteiger partial charge in [-0.05, 0) is 77.3 Å². The molecule has 0 bridgehead atoms. The van der Waals surface area contributed by atoms with E-state index in [9.17, 15) is 24.0 Å². The Morgan fingerprint density at radius 3 is 1.04 bits per heavy atom. The molecule has 12 heteroatoms. The molecule has 0 aliphatic carbocycles. The van der Waals surface area contributed by atoms with Gasteiger partial charge in [0.1, 0.15) is 32.0 Å². The van der Waals surface area contributed by atoms with Crippen molar-refractivity contribution >= 4 is 30.0 Å². The fourth-order valence-corrected chi connectivity index (χ4v) is 8.19. The third-order valence-corrected chi connectivity index (χ3v) is 12.6. The number of carbonyl (C=O) groups is 5. The molecule has 0 aliphatic heterocycles. The van der Waals surface area contributed by atoms with Crippen molar-refractivity contribution in [2.45, 2.75) is 272 Å². The number of amides is 1. The molecular formula is C55H104N2O10. The largest absolute Gasteiger partial charge is 0.465 e. The maximum absolute atomic E-state index is 12.9. The Kier molecular flexibility index (Phi) is 46.1. The van der Waals surface area contributed by atoms with Gasteiger partial charge in [-0.25, -0.2) is 4.79 Å². The molecule has 394 valence electrons. The molecule has 1 amide bonds. The minimum absolute atomic E-state index is 0.0305. The first-order valence-electron chi connectivity index (χ1n) is 27.9. The number of ether oxygens (including phenoxy) is 5. The van der Waals surface area contributed by atoms with Gasteiger partial charge in [-0.15, -0.1) is 0 Å². The molecule has 0 heterocycles. The molecule has 0 radical (unpaired) electrons. The van der Waals surface area contributed by atoms with E-state index in [1.165, 1.54) is 103 Å². The summed E-state index contributed by atoms with van der Waals surface area (Å²) in [4.78, 5) is 66.2. The van der Waals surface area contributed by atoms with E-state index in [2.05, 4.69) is 51.8 Å². The van der Waals surface area contributed by atoms with Crippen LogP contribution in [-0.4, -0.2) is 93.1 Å². The average molecular weight is 953 g/mol. The molecule has 0 aromatic carbocycles. The van der Waals surface area contributed by atoms with Crippen LogP contribution in [0.5, 0.6) is 0 Å². The lowest BCUT2D eigenvalue weighted by Crippen LogP contribution is -2.36. The number of carbonyl (C=O) groups excluding carboxylic acids is 5. The van der Waals surface area contributed by atoms with Gasteiger partial charge in [0.05, 0.1) is 5.92 Å². The summed E-state index contributed by atoms with van der Waals surface area (Å²) in [5, 5.41) is 2.75. The second-order valence-electron chi connectivity index (χ2n) is 18.9. The molecule has 0 rings (SSSR count). The van der Waals surface area contributed by atoms with Crippen LogP contribution in [0.2, 0.25) is 0 Å². The van der Waals surface area contributed by atoms with Crippen LogP contribution in [0.1, 0.15) is 260 Å². The second-order valence-corrected chi connectivity index (χ2v) is 18.9. The first kappa shape index (κ1) is 64.1. The fourth-order valence-electron chi connectivity index (χ4n) is 8.19. The lowest BCUT2D eigenvalue weighted by atomic mass is 10.0. The third kappa shape index (κ3) is 42.9. The molecule has 67 heavy (non-hydrogen) atoms. The van der Waals surface area contributed by atoms with Gasteiger partial charge < -0.3 is 33.9 Å². The van der Waals surface area contributed by atoms with Crippen molar-refractivity contribution in [1.82, 2.24) is 10.2 Å². The monoisotopic (exact) mass is 953 g/mol. The highest BCUT2D eigenvalue weighted by molar-refractivity contribution is 5.73. The molecule has 0 saturated heterocycles. The van der Waals surface area contributed by atoms with Crippen molar-refractivity contribution in [3.63, 3.8) is 0 Å². The van der Waals surface area contributed by atoms with Gasteiger partial charge in [0, 0.05) is 38.8 Å². The van der Waals surface area contributed by atoms with Crippen molar-refractivity contribution < 1.29 is 47.7 Å². The van der Waals surface area contributed by atoms with Crippen molar-refractivity contribution in [2.75, 3.05) is 46.0 Å². The predicted octanol–water partition coefficient (Wildman–Crippen LogP) is 13.9. The molecule has 0 fully saturated rings. The SMILES string of the molecule is CCCCCCCCC(CCCCCCCC)OC(=O)CCCC(=O)OCC(COC(=O)CCCC(=O)OC(CCCCCCCC)CCCCCCCC)COC(=O)NCCN(CC)CC. The maximum atomic E-state index is 12.9. The smallest absolute Gasteiger partial charge is 0.407 e. The van der Waals surface area contributed by atoms with Crippen LogP contribution in [0.25, 0.3) is 0 Å². The normalized spacial score (nSPS) is 11.4. The number of nitrogens with zero attached hydrogens (tertiary/aromatic N) is 1. The number of hydrogen-bond donors (Lipinski definition) is 1. The Hall–Kier alpha value is -2.89. The zero-order valence-corrected chi connectivity index (χ0v) is 44.3. The minimum Gasteiger partial charge on any atom is -0.465 e. The highest BCUT2D eigenvalue weighted by Gasteiger charge is 2.20. The summed E-state index contributed by atoms with van der Waals surface area (Å²) in [6.45, 7) is 15.4. The van der Waals surface area contributed by atoms with Crippen LogP contribution < -0.4 is 5.32 Å². The first-order valence-corrected chi connectivity index (χ1v) is 27.9. The molecule has 0 aromatic rings. The summed E-state index contributed by atoms with van der Waals surface area (Å²) < 4.78 is 28.4. The number of nitrogens with one attached hydrogen (secondary N) is 1. The van der Waals surface area contributed by atoms with Crippen molar-refractivity contribution in [2.24, 2.45) is 5.92 Å². The molecule has 0 unspecified atom stereocenters. The van der Waals surface area contributed by atoms with Gasteiger partial charge in [-0.1, -0.05) is 170 Å². The van der Waals surface area contributed by atoms with Crippen LogP contribution in [0, 0.1) is 5.92 Å². The maximum Gasteiger partial charge on any atom is 0.407 e.